The fraction of sp³-hybridized carbons (Fsp3) is 0.133. The molecule has 1 nitrogen and oxygen atoms in total. The van der Waals surface area contributed by atoms with Gasteiger partial charge < -0.3 is 0 Å². The van der Waals surface area contributed by atoms with Crippen molar-refractivity contribution in [3.63, 3.8) is 0 Å². The maximum atomic E-state index is 14.1. The molecule has 0 aliphatic carbocycles. The molecular formula is C15H13FO. The number of rotatable bonds is 3. The minimum atomic E-state index is -1.14. The summed E-state index contributed by atoms with van der Waals surface area (Å²) < 4.78 is 14.1. The van der Waals surface area contributed by atoms with E-state index in [1.54, 1.807) is 36.4 Å². The van der Waals surface area contributed by atoms with Crippen molar-refractivity contribution in [3.05, 3.63) is 71.3 Å². The highest BCUT2D eigenvalue weighted by Gasteiger charge is 2.12. The van der Waals surface area contributed by atoms with Crippen molar-refractivity contribution in [1.29, 1.82) is 0 Å². The number of hydrogen-bond donors (Lipinski definition) is 0. The molecule has 1 atom stereocenters. The highest BCUT2D eigenvalue weighted by atomic mass is 19.1. The van der Waals surface area contributed by atoms with Crippen molar-refractivity contribution in [2.24, 2.45) is 0 Å². The minimum Gasteiger partial charge on any atom is -0.295 e. The van der Waals surface area contributed by atoms with Crippen molar-refractivity contribution in [3.8, 4) is 0 Å². The predicted molar refractivity (Wildman–Crippen MR) is 65.8 cm³/mol. The van der Waals surface area contributed by atoms with Crippen LogP contribution in [0.25, 0.3) is 0 Å². The Hall–Kier alpha value is -1.96. The van der Waals surface area contributed by atoms with Gasteiger partial charge in [0.15, 0.2) is 12.0 Å². The molecule has 0 heterocycles. The van der Waals surface area contributed by atoms with Gasteiger partial charge in [-0.2, -0.15) is 0 Å². The third kappa shape index (κ3) is 2.59. The molecule has 0 aromatic heterocycles. The summed E-state index contributed by atoms with van der Waals surface area (Å²) in [6.07, 6.45) is -1.14. The third-order valence-electron chi connectivity index (χ3n) is 2.70. The molecule has 2 heteroatoms. The molecule has 1 unspecified atom stereocenters. The Labute approximate surface area is 99.9 Å². The summed E-state index contributed by atoms with van der Waals surface area (Å²) in [6.45, 7) is 1.50. The predicted octanol–water partition coefficient (Wildman–Crippen LogP) is 3.95. The summed E-state index contributed by atoms with van der Waals surface area (Å²) in [4.78, 5) is 11.1. The van der Waals surface area contributed by atoms with Gasteiger partial charge in [0.05, 0.1) is 0 Å². The lowest BCUT2D eigenvalue weighted by Gasteiger charge is -2.09. The monoisotopic (exact) mass is 228 g/mol. The average molecular weight is 228 g/mol. The Balaban J connectivity index is 2.26. The molecule has 0 saturated heterocycles. The normalized spacial score (nSPS) is 12.1. The van der Waals surface area contributed by atoms with Gasteiger partial charge in [0.2, 0.25) is 0 Å². The van der Waals surface area contributed by atoms with E-state index in [1.807, 2.05) is 18.2 Å². The van der Waals surface area contributed by atoms with Gasteiger partial charge in [-0.1, -0.05) is 54.6 Å². The number of benzene rings is 2. The first kappa shape index (κ1) is 11.5. The molecule has 0 spiro atoms. The van der Waals surface area contributed by atoms with E-state index in [9.17, 15) is 9.18 Å². The molecule has 0 bridgehead atoms. The maximum absolute atomic E-state index is 14.1. The van der Waals surface area contributed by atoms with Crippen LogP contribution in [0.5, 0.6) is 0 Å². The molecule has 17 heavy (non-hydrogen) atoms. The van der Waals surface area contributed by atoms with E-state index in [0.717, 1.165) is 0 Å². The smallest absolute Gasteiger partial charge is 0.159 e. The summed E-state index contributed by atoms with van der Waals surface area (Å²) in [5, 5.41) is 0. The van der Waals surface area contributed by atoms with E-state index < -0.39 is 6.17 Å². The number of carbonyl (C=O) groups excluding carboxylic acids is 1. The topological polar surface area (TPSA) is 17.1 Å². The molecule has 2 rings (SSSR count). The van der Waals surface area contributed by atoms with Crippen molar-refractivity contribution in [1.82, 2.24) is 0 Å². The van der Waals surface area contributed by atoms with E-state index in [1.165, 1.54) is 6.92 Å². The second kappa shape index (κ2) is 4.91. The maximum Gasteiger partial charge on any atom is 0.159 e. The van der Waals surface area contributed by atoms with Gasteiger partial charge in [0.1, 0.15) is 0 Å². The molecule has 0 fully saturated rings. The Kier molecular flexibility index (Phi) is 3.33. The van der Waals surface area contributed by atoms with E-state index in [2.05, 4.69) is 0 Å². The first-order valence-electron chi connectivity index (χ1n) is 5.48. The van der Waals surface area contributed by atoms with E-state index in [0.29, 0.717) is 16.7 Å². The molecule has 0 amide bonds. The van der Waals surface area contributed by atoms with Crippen molar-refractivity contribution >= 4 is 5.78 Å². The number of alkyl halides is 1. The zero-order valence-corrected chi connectivity index (χ0v) is 9.56. The quantitative estimate of drug-likeness (QED) is 0.727. The van der Waals surface area contributed by atoms with Crippen LogP contribution in [0.3, 0.4) is 0 Å². The molecule has 0 saturated carbocycles. The SMILES string of the molecule is CC(=O)c1ccc(C(F)c2ccccc2)cc1. The number of Topliss-reactive ketones (excluding diaryl/α,β-unsaturated/α-hetero) is 1. The van der Waals surface area contributed by atoms with Gasteiger partial charge in [0.25, 0.3) is 0 Å². The number of ketones is 1. The average Bonchev–Trinajstić information content (AvgIpc) is 2.39. The van der Waals surface area contributed by atoms with Crippen molar-refractivity contribution < 1.29 is 9.18 Å². The van der Waals surface area contributed by atoms with Gasteiger partial charge in [-0.3, -0.25) is 4.79 Å². The molecule has 2 aromatic rings. The lowest BCUT2D eigenvalue weighted by atomic mass is 10.0. The molecule has 86 valence electrons. The first-order valence-corrected chi connectivity index (χ1v) is 5.48. The molecule has 2 aromatic carbocycles. The zero-order chi connectivity index (χ0) is 12.3. The number of carbonyl (C=O) groups is 1. The second-order valence-electron chi connectivity index (χ2n) is 3.95. The van der Waals surface area contributed by atoms with Gasteiger partial charge in [-0.15, -0.1) is 0 Å². The van der Waals surface area contributed by atoms with Crippen molar-refractivity contribution in [2.75, 3.05) is 0 Å². The summed E-state index contributed by atoms with van der Waals surface area (Å²) in [7, 11) is 0. The van der Waals surface area contributed by atoms with Crippen LogP contribution in [0.2, 0.25) is 0 Å². The van der Waals surface area contributed by atoms with Crippen LogP contribution in [0.15, 0.2) is 54.6 Å². The lowest BCUT2D eigenvalue weighted by molar-refractivity contribution is 0.101. The van der Waals surface area contributed by atoms with E-state index in [-0.39, 0.29) is 5.78 Å². The Morgan fingerprint density at radius 1 is 0.941 bits per heavy atom. The standard InChI is InChI=1S/C15H13FO/c1-11(17)12-7-9-14(10-8-12)15(16)13-5-3-2-4-6-13/h2-10,15H,1H3. The molecular weight excluding hydrogens is 215 g/mol. The van der Waals surface area contributed by atoms with E-state index >= 15 is 0 Å². The van der Waals surface area contributed by atoms with Gasteiger partial charge >= 0.3 is 0 Å². The third-order valence-corrected chi connectivity index (χ3v) is 2.70. The summed E-state index contributed by atoms with van der Waals surface area (Å²) >= 11 is 0. The zero-order valence-electron chi connectivity index (χ0n) is 9.56. The lowest BCUT2D eigenvalue weighted by Crippen LogP contribution is -1.96. The molecule has 0 N–H and O–H groups in total. The minimum absolute atomic E-state index is 0.00771. The van der Waals surface area contributed by atoms with Gasteiger partial charge in [-0.25, -0.2) is 4.39 Å². The van der Waals surface area contributed by atoms with Crippen LogP contribution in [-0.4, -0.2) is 5.78 Å². The number of hydrogen-bond acceptors (Lipinski definition) is 1. The van der Waals surface area contributed by atoms with Crippen molar-refractivity contribution in [2.45, 2.75) is 13.1 Å². The van der Waals surface area contributed by atoms with Crippen LogP contribution >= 0.6 is 0 Å². The highest BCUT2D eigenvalue weighted by molar-refractivity contribution is 5.94. The van der Waals surface area contributed by atoms with Crippen LogP contribution in [0.1, 0.15) is 34.6 Å². The fourth-order valence-electron chi connectivity index (χ4n) is 1.70. The van der Waals surface area contributed by atoms with E-state index in [4.69, 9.17) is 0 Å². The summed E-state index contributed by atoms with van der Waals surface area (Å²) in [6, 6.07) is 15.6. The van der Waals surface area contributed by atoms with Crippen LogP contribution in [0, 0.1) is 0 Å². The van der Waals surface area contributed by atoms with Gasteiger partial charge in [0, 0.05) is 5.56 Å². The molecule has 0 aliphatic rings. The second-order valence-corrected chi connectivity index (χ2v) is 3.95. The number of halogens is 1. The van der Waals surface area contributed by atoms with Gasteiger partial charge in [-0.05, 0) is 18.1 Å². The highest BCUT2D eigenvalue weighted by Crippen LogP contribution is 2.25. The Morgan fingerprint density at radius 3 is 2.00 bits per heavy atom. The Morgan fingerprint density at radius 2 is 1.47 bits per heavy atom. The molecule has 0 radical (unpaired) electrons. The Bertz CT molecular complexity index is 502. The molecule has 0 aliphatic heterocycles. The van der Waals surface area contributed by atoms with Crippen LogP contribution in [0.4, 0.5) is 4.39 Å². The summed E-state index contributed by atoms with van der Waals surface area (Å²) in [5.41, 5.74) is 1.80. The largest absolute Gasteiger partial charge is 0.295 e. The summed E-state index contributed by atoms with van der Waals surface area (Å²) in [5.74, 6) is -0.00771. The van der Waals surface area contributed by atoms with Crippen LogP contribution < -0.4 is 0 Å². The van der Waals surface area contributed by atoms with Crippen LogP contribution in [-0.2, 0) is 0 Å². The first-order chi connectivity index (χ1) is 8.18. The fourth-order valence-corrected chi connectivity index (χ4v) is 1.70.